The summed E-state index contributed by atoms with van der Waals surface area (Å²) in [5.74, 6) is 0.515. The third-order valence-corrected chi connectivity index (χ3v) is 5.27. The molecule has 0 fully saturated rings. The molecule has 0 unspecified atom stereocenters. The Labute approximate surface area is 154 Å². The Bertz CT molecular complexity index is 1110. The van der Waals surface area contributed by atoms with E-state index < -0.39 is 6.67 Å². The minimum Gasteiger partial charge on any atom is -0.289 e. The standard InChI is InChI=1S/C21H17FN2OS/c1-14-7-9-16(10-8-14)19-23-20-18(21(25)24(19)12-11-22)17(13-26-20)15-5-3-2-4-6-15/h2-10,13H,11-12H2,1H3. The van der Waals surface area contributed by atoms with Gasteiger partial charge in [-0.2, -0.15) is 0 Å². The zero-order valence-corrected chi connectivity index (χ0v) is 15.1. The van der Waals surface area contributed by atoms with Crippen LogP contribution in [0.2, 0.25) is 0 Å². The van der Waals surface area contributed by atoms with Gasteiger partial charge in [-0.25, -0.2) is 9.37 Å². The minimum absolute atomic E-state index is 0.00490. The summed E-state index contributed by atoms with van der Waals surface area (Å²) in [4.78, 5) is 18.6. The maximum atomic E-state index is 13.2. The van der Waals surface area contributed by atoms with Crippen molar-refractivity contribution in [3.63, 3.8) is 0 Å². The van der Waals surface area contributed by atoms with E-state index in [4.69, 9.17) is 4.98 Å². The van der Waals surface area contributed by atoms with Crippen LogP contribution < -0.4 is 5.56 Å². The number of aromatic nitrogens is 2. The van der Waals surface area contributed by atoms with Gasteiger partial charge in [0.05, 0.1) is 11.9 Å². The van der Waals surface area contributed by atoms with Crippen LogP contribution in [0.25, 0.3) is 32.7 Å². The zero-order chi connectivity index (χ0) is 18.1. The fourth-order valence-electron chi connectivity index (χ4n) is 3.07. The normalized spacial score (nSPS) is 11.2. The molecule has 0 radical (unpaired) electrons. The highest BCUT2D eigenvalue weighted by atomic mass is 32.1. The van der Waals surface area contributed by atoms with Crippen LogP contribution in [0.4, 0.5) is 4.39 Å². The van der Waals surface area contributed by atoms with Gasteiger partial charge in [0.25, 0.3) is 5.56 Å². The summed E-state index contributed by atoms with van der Waals surface area (Å²) >= 11 is 1.44. The van der Waals surface area contributed by atoms with E-state index in [1.165, 1.54) is 15.9 Å². The summed E-state index contributed by atoms with van der Waals surface area (Å²) in [6, 6.07) is 17.5. The lowest BCUT2D eigenvalue weighted by Crippen LogP contribution is -2.24. The van der Waals surface area contributed by atoms with Crippen LogP contribution in [0.1, 0.15) is 5.56 Å². The molecule has 0 aliphatic carbocycles. The molecule has 26 heavy (non-hydrogen) atoms. The van der Waals surface area contributed by atoms with Gasteiger partial charge in [0.2, 0.25) is 0 Å². The molecule has 0 saturated heterocycles. The summed E-state index contributed by atoms with van der Waals surface area (Å²) in [6.07, 6.45) is 0. The zero-order valence-electron chi connectivity index (χ0n) is 14.3. The molecular formula is C21H17FN2OS. The van der Waals surface area contributed by atoms with Crippen molar-refractivity contribution in [1.82, 2.24) is 9.55 Å². The number of aryl methyl sites for hydroxylation is 1. The van der Waals surface area contributed by atoms with Crippen LogP contribution >= 0.6 is 11.3 Å². The average molecular weight is 364 g/mol. The molecule has 0 spiro atoms. The van der Waals surface area contributed by atoms with Crippen molar-refractivity contribution < 1.29 is 4.39 Å². The van der Waals surface area contributed by atoms with E-state index >= 15 is 0 Å². The molecule has 2 heterocycles. The molecule has 0 aliphatic heterocycles. The first kappa shape index (κ1) is 16.7. The highest BCUT2D eigenvalue weighted by Gasteiger charge is 2.17. The third kappa shape index (κ3) is 2.84. The topological polar surface area (TPSA) is 34.9 Å². The number of hydrogen-bond acceptors (Lipinski definition) is 3. The molecule has 0 bridgehead atoms. The van der Waals surface area contributed by atoms with Crippen LogP contribution in [-0.4, -0.2) is 16.2 Å². The van der Waals surface area contributed by atoms with Crippen molar-refractivity contribution in [3.8, 4) is 22.5 Å². The number of hydrogen-bond donors (Lipinski definition) is 0. The number of benzene rings is 2. The predicted molar refractivity (Wildman–Crippen MR) is 105 cm³/mol. The molecule has 0 aliphatic rings. The maximum absolute atomic E-state index is 13.2. The van der Waals surface area contributed by atoms with Gasteiger partial charge in [-0.1, -0.05) is 60.2 Å². The second kappa shape index (κ2) is 6.84. The molecule has 3 nitrogen and oxygen atoms in total. The van der Waals surface area contributed by atoms with Gasteiger partial charge in [0.1, 0.15) is 17.3 Å². The van der Waals surface area contributed by atoms with Crippen LogP contribution in [0.3, 0.4) is 0 Å². The van der Waals surface area contributed by atoms with Crippen LogP contribution in [0.5, 0.6) is 0 Å². The van der Waals surface area contributed by atoms with Gasteiger partial charge in [-0.3, -0.25) is 9.36 Å². The van der Waals surface area contributed by atoms with Crippen molar-refractivity contribution in [2.45, 2.75) is 13.5 Å². The average Bonchev–Trinajstić information content (AvgIpc) is 3.10. The monoisotopic (exact) mass is 364 g/mol. The van der Waals surface area contributed by atoms with E-state index in [1.807, 2.05) is 66.9 Å². The summed E-state index contributed by atoms with van der Waals surface area (Å²) in [5.41, 5.74) is 3.57. The van der Waals surface area contributed by atoms with Gasteiger partial charge in [-0.05, 0) is 12.5 Å². The van der Waals surface area contributed by atoms with Gasteiger partial charge in [-0.15, -0.1) is 11.3 Å². The maximum Gasteiger partial charge on any atom is 0.263 e. The lowest BCUT2D eigenvalue weighted by Gasteiger charge is -2.12. The van der Waals surface area contributed by atoms with Gasteiger partial charge in [0, 0.05) is 16.5 Å². The number of rotatable bonds is 4. The number of halogens is 1. The molecule has 0 amide bonds. The summed E-state index contributed by atoms with van der Waals surface area (Å²) in [6.45, 7) is 1.38. The lowest BCUT2D eigenvalue weighted by atomic mass is 10.1. The number of fused-ring (bicyclic) bond motifs is 1. The van der Waals surface area contributed by atoms with Crippen molar-refractivity contribution in [1.29, 1.82) is 0 Å². The molecule has 4 aromatic rings. The van der Waals surface area contributed by atoms with E-state index in [-0.39, 0.29) is 12.1 Å². The highest BCUT2D eigenvalue weighted by molar-refractivity contribution is 7.17. The highest BCUT2D eigenvalue weighted by Crippen LogP contribution is 2.32. The van der Waals surface area contributed by atoms with Crippen molar-refractivity contribution in [2.75, 3.05) is 6.67 Å². The third-order valence-electron chi connectivity index (χ3n) is 4.40. The fraction of sp³-hybridized carbons (Fsp3) is 0.143. The van der Waals surface area contributed by atoms with Crippen molar-refractivity contribution in [2.24, 2.45) is 0 Å². The Hall–Kier alpha value is -2.79. The lowest BCUT2D eigenvalue weighted by molar-refractivity contribution is 0.441. The van der Waals surface area contributed by atoms with Crippen molar-refractivity contribution >= 4 is 21.6 Å². The second-order valence-electron chi connectivity index (χ2n) is 6.14. The Balaban J connectivity index is 1.99. The quantitative estimate of drug-likeness (QED) is 0.507. The fourth-order valence-corrected chi connectivity index (χ4v) is 4.01. The first-order chi connectivity index (χ1) is 12.7. The largest absolute Gasteiger partial charge is 0.289 e. The molecule has 130 valence electrons. The minimum atomic E-state index is -0.614. The van der Waals surface area contributed by atoms with E-state index in [0.29, 0.717) is 16.0 Å². The van der Waals surface area contributed by atoms with Gasteiger partial charge in [0.15, 0.2) is 0 Å². The van der Waals surface area contributed by atoms with E-state index in [2.05, 4.69) is 0 Å². The van der Waals surface area contributed by atoms with Crippen molar-refractivity contribution in [3.05, 3.63) is 75.9 Å². The molecule has 4 rings (SSSR count). The van der Waals surface area contributed by atoms with E-state index in [9.17, 15) is 9.18 Å². The SMILES string of the molecule is Cc1ccc(-c2nc3scc(-c4ccccc4)c3c(=O)n2CCF)cc1. The molecule has 0 atom stereocenters. The van der Waals surface area contributed by atoms with Crippen LogP contribution in [0, 0.1) is 6.92 Å². The Kier molecular flexibility index (Phi) is 4.39. The van der Waals surface area contributed by atoms with Crippen LogP contribution in [-0.2, 0) is 6.54 Å². The first-order valence-electron chi connectivity index (χ1n) is 8.39. The summed E-state index contributed by atoms with van der Waals surface area (Å²) in [5, 5.41) is 2.51. The predicted octanol–water partition coefficient (Wildman–Crippen LogP) is 5.07. The number of nitrogens with zero attached hydrogens (tertiary/aromatic N) is 2. The number of alkyl halides is 1. The van der Waals surface area contributed by atoms with Gasteiger partial charge < -0.3 is 0 Å². The molecule has 0 N–H and O–H groups in total. The Morgan fingerprint density at radius 1 is 1.04 bits per heavy atom. The van der Waals surface area contributed by atoms with E-state index in [0.717, 1.165) is 22.3 Å². The molecule has 0 saturated carbocycles. The van der Waals surface area contributed by atoms with Crippen LogP contribution in [0.15, 0.2) is 64.8 Å². The molecule has 2 aromatic carbocycles. The smallest absolute Gasteiger partial charge is 0.263 e. The molecular weight excluding hydrogens is 347 g/mol. The number of thiophene rings is 1. The summed E-state index contributed by atoms with van der Waals surface area (Å²) in [7, 11) is 0. The summed E-state index contributed by atoms with van der Waals surface area (Å²) < 4.78 is 14.6. The molecule has 2 aromatic heterocycles. The van der Waals surface area contributed by atoms with E-state index in [1.54, 1.807) is 0 Å². The molecule has 5 heteroatoms. The second-order valence-corrected chi connectivity index (χ2v) is 7.00. The Morgan fingerprint density at radius 2 is 1.77 bits per heavy atom. The Morgan fingerprint density at radius 3 is 2.46 bits per heavy atom. The van der Waals surface area contributed by atoms with Gasteiger partial charge >= 0.3 is 0 Å². The first-order valence-corrected chi connectivity index (χ1v) is 9.27.